The smallest absolute Gasteiger partial charge is 0.160 e. The maximum absolute atomic E-state index is 5.19. The van der Waals surface area contributed by atoms with Crippen molar-refractivity contribution >= 4 is 21.8 Å². The topological polar surface area (TPSA) is 51.6 Å². The zero-order valence-electron chi connectivity index (χ0n) is 31.3. The summed E-state index contributed by atoms with van der Waals surface area (Å²) in [4.78, 5) is 20.3. The molecule has 0 radical (unpaired) electrons. The van der Waals surface area contributed by atoms with Gasteiger partial charge >= 0.3 is 0 Å². The fourth-order valence-corrected chi connectivity index (χ4v) is 7.56. The Labute approximate surface area is 331 Å². The van der Waals surface area contributed by atoms with Gasteiger partial charge in [-0.1, -0.05) is 182 Å². The summed E-state index contributed by atoms with van der Waals surface area (Å²) in [7, 11) is 0. The third kappa shape index (κ3) is 6.75. The monoisotopic (exact) mass is 728 g/mol. The second-order valence-corrected chi connectivity index (χ2v) is 14.3. The highest BCUT2D eigenvalue weighted by atomic mass is 14.9. The molecule has 0 spiro atoms. The number of hydrogen-bond donors (Lipinski definition) is 0. The molecule has 10 rings (SSSR count). The molecule has 3 aromatic heterocycles. The largest absolute Gasteiger partial charge is 0.251 e. The Balaban J connectivity index is 0.993. The van der Waals surface area contributed by atoms with Gasteiger partial charge in [0.05, 0.1) is 28.1 Å². The number of fused-ring (bicyclic) bond motifs is 3. The lowest BCUT2D eigenvalue weighted by Gasteiger charge is -2.13. The molecule has 4 heteroatoms. The van der Waals surface area contributed by atoms with Gasteiger partial charge in [-0.25, -0.2) is 15.0 Å². The molecule has 4 nitrogen and oxygen atoms in total. The Hall–Kier alpha value is -7.56. The molecule has 57 heavy (non-hydrogen) atoms. The van der Waals surface area contributed by atoms with Crippen molar-refractivity contribution < 1.29 is 0 Å². The van der Waals surface area contributed by atoms with E-state index in [-0.39, 0.29) is 0 Å². The first kappa shape index (κ1) is 34.0. The number of pyridine rings is 2. The van der Waals surface area contributed by atoms with E-state index in [0.29, 0.717) is 5.82 Å². The number of aromatic nitrogens is 4. The summed E-state index contributed by atoms with van der Waals surface area (Å²) >= 11 is 0. The van der Waals surface area contributed by atoms with Crippen molar-refractivity contribution in [2.24, 2.45) is 0 Å². The van der Waals surface area contributed by atoms with Gasteiger partial charge in [0.15, 0.2) is 5.82 Å². The average molecular weight is 729 g/mol. The van der Waals surface area contributed by atoms with Crippen LogP contribution >= 0.6 is 0 Å². The van der Waals surface area contributed by atoms with Gasteiger partial charge in [0.25, 0.3) is 0 Å². The normalized spacial score (nSPS) is 11.2. The summed E-state index contributed by atoms with van der Waals surface area (Å²) in [5.41, 5.74) is 16.5. The van der Waals surface area contributed by atoms with Crippen molar-refractivity contribution in [3.05, 3.63) is 206 Å². The molecule has 0 aliphatic heterocycles. The lowest BCUT2D eigenvalue weighted by atomic mass is 9.95. The molecule has 0 N–H and O–H groups in total. The van der Waals surface area contributed by atoms with Crippen molar-refractivity contribution in [2.75, 3.05) is 0 Å². The predicted octanol–water partition coefficient (Wildman–Crippen LogP) is 13.6. The molecule has 0 aliphatic rings. The van der Waals surface area contributed by atoms with Crippen LogP contribution in [0.3, 0.4) is 0 Å². The van der Waals surface area contributed by atoms with Gasteiger partial charge in [-0.05, 0) is 58.5 Å². The summed E-state index contributed by atoms with van der Waals surface area (Å²) in [6.07, 6.45) is 0. The lowest BCUT2D eigenvalue weighted by Crippen LogP contribution is -1.96. The van der Waals surface area contributed by atoms with Gasteiger partial charge < -0.3 is 0 Å². The molecule has 3 heterocycles. The average Bonchev–Trinajstić information content (AvgIpc) is 3.29. The molecule has 0 saturated heterocycles. The second-order valence-electron chi connectivity index (χ2n) is 14.3. The van der Waals surface area contributed by atoms with E-state index in [1.165, 1.54) is 11.1 Å². The zero-order chi connectivity index (χ0) is 38.1. The van der Waals surface area contributed by atoms with Gasteiger partial charge in [-0.3, -0.25) is 4.98 Å². The van der Waals surface area contributed by atoms with Crippen LogP contribution in [0.4, 0.5) is 0 Å². The van der Waals surface area contributed by atoms with Crippen LogP contribution in [0.15, 0.2) is 200 Å². The molecule has 0 aliphatic carbocycles. The summed E-state index contributed by atoms with van der Waals surface area (Å²) < 4.78 is 0. The van der Waals surface area contributed by atoms with Crippen molar-refractivity contribution in [1.29, 1.82) is 0 Å². The SMILES string of the molecule is Cc1ccc2ccc3c(-c4ccc(-c5ccc(-c6nc(-c7ccccc7)cc(-c7ccc(-c8ccccc8)cc7)n6)cc5)cc4)cc(-c4ccccc4)nc3c2n1. The first-order valence-electron chi connectivity index (χ1n) is 19.2. The zero-order valence-corrected chi connectivity index (χ0v) is 31.3. The molecule has 0 amide bonds. The Morgan fingerprint density at radius 3 is 1.28 bits per heavy atom. The maximum Gasteiger partial charge on any atom is 0.160 e. The quantitative estimate of drug-likeness (QED) is 0.153. The van der Waals surface area contributed by atoms with Crippen molar-refractivity contribution in [3.63, 3.8) is 0 Å². The van der Waals surface area contributed by atoms with Crippen LogP contribution in [0, 0.1) is 6.92 Å². The Morgan fingerprint density at radius 1 is 0.298 bits per heavy atom. The first-order valence-corrected chi connectivity index (χ1v) is 19.2. The molecule has 0 atom stereocenters. The van der Waals surface area contributed by atoms with E-state index < -0.39 is 0 Å². The molecule has 268 valence electrons. The third-order valence-electron chi connectivity index (χ3n) is 10.6. The van der Waals surface area contributed by atoms with Crippen LogP contribution in [-0.4, -0.2) is 19.9 Å². The van der Waals surface area contributed by atoms with E-state index >= 15 is 0 Å². The van der Waals surface area contributed by atoms with Crippen molar-refractivity contribution in [2.45, 2.75) is 6.92 Å². The van der Waals surface area contributed by atoms with Gasteiger partial charge in [0, 0.05) is 38.7 Å². The van der Waals surface area contributed by atoms with Crippen LogP contribution in [0.1, 0.15) is 5.69 Å². The number of nitrogens with zero attached hydrogens (tertiary/aromatic N) is 4. The van der Waals surface area contributed by atoms with E-state index in [4.69, 9.17) is 19.9 Å². The minimum atomic E-state index is 0.691. The van der Waals surface area contributed by atoms with E-state index in [1.54, 1.807) is 0 Å². The van der Waals surface area contributed by atoms with Crippen LogP contribution in [0.25, 0.3) is 100 Å². The highest BCUT2D eigenvalue weighted by Crippen LogP contribution is 2.37. The fraction of sp³-hybridized carbons (Fsp3) is 0.0189. The van der Waals surface area contributed by atoms with E-state index in [1.807, 2.05) is 37.3 Å². The number of hydrogen-bond acceptors (Lipinski definition) is 4. The van der Waals surface area contributed by atoms with Crippen molar-refractivity contribution in [1.82, 2.24) is 19.9 Å². The summed E-state index contributed by atoms with van der Waals surface area (Å²) in [5.74, 6) is 0.691. The maximum atomic E-state index is 5.19. The Bertz CT molecular complexity index is 3020. The first-order chi connectivity index (χ1) is 28.1. The van der Waals surface area contributed by atoms with E-state index in [2.05, 4.69) is 170 Å². The van der Waals surface area contributed by atoms with Gasteiger partial charge in [-0.2, -0.15) is 0 Å². The van der Waals surface area contributed by atoms with Gasteiger partial charge in [-0.15, -0.1) is 0 Å². The van der Waals surface area contributed by atoms with Crippen LogP contribution in [-0.2, 0) is 0 Å². The summed E-state index contributed by atoms with van der Waals surface area (Å²) in [6.45, 7) is 2.03. The minimum absolute atomic E-state index is 0.691. The fourth-order valence-electron chi connectivity index (χ4n) is 7.56. The summed E-state index contributed by atoms with van der Waals surface area (Å²) in [6, 6.07) is 69.9. The molecule has 0 fully saturated rings. The van der Waals surface area contributed by atoms with Crippen LogP contribution < -0.4 is 0 Å². The van der Waals surface area contributed by atoms with Crippen molar-refractivity contribution in [3.8, 4) is 78.5 Å². The Kier molecular flexibility index (Phi) is 8.69. The Morgan fingerprint density at radius 2 is 0.719 bits per heavy atom. The lowest BCUT2D eigenvalue weighted by molar-refractivity contribution is 1.18. The van der Waals surface area contributed by atoms with Crippen LogP contribution in [0.5, 0.6) is 0 Å². The molecule has 0 unspecified atom stereocenters. The van der Waals surface area contributed by atoms with E-state index in [9.17, 15) is 0 Å². The number of aryl methyl sites for hydroxylation is 1. The second kappa shape index (κ2) is 14.6. The van der Waals surface area contributed by atoms with Gasteiger partial charge in [0.2, 0.25) is 0 Å². The highest BCUT2D eigenvalue weighted by Gasteiger charge is 2.15. The molecular formula is C53H36N4. The highest BCUT2D eigenvalue weighted by molar-refractivity contribution is 6.09. The number of benzene rings is 7. The molecule has 0 saturated carbocycles. The number of rotatable bonds is 7. The standard InChI is InChI=1S/C53H36N4/c1-35-17-18-44-31-32-46-47(33-48(41-13-7-3-8-14-41)55-52(46)51(44)54-35)40-25-19-38(20-26-40)39-23-29-45(30-24-39)53-56-49(42-15-9-4-10-16-42)34-50(57-53)43-27-21-37(22-28-43)36-11-5-2-6-12-36/h2-34H,1H3. The predicted molar refractivity (Wildman–Crippen MR) is 235 cm³/mol. The van der Waals surface area contributed by atoms with Crippen LogP contribution in [0.2, 0.25) is 0 Å². The summed E-state index contributed by atoms with van der Waals surface area (Å²) in [5, 5.41) is 2.17. The molecule has 0 bridgehead atoms. The molecular weight excluding hydrogens is 693 g/mol. The van der Waals surface area contributed by atoms with E-state index in [0.717, 1.165) is 89.1 Å². The van der Waals surface area contributed by atoms with Gasteiger partial charge in [0.1, 0.15) is 0 Å². The molecule has 10 aromatic rings. The minimum Gasteiger partial charge on any atom is -0.251 e. The third-order valence-corrected chi connectivity index (χ3v) is 10.6. The molecule has 7 aromatic carbocycles.